The second-order valence-corrected chi connectivity index (χ2v) is 9.37. The van der Waals surface area contributed by atoms with E-state index in [4.69, 9.17) is 0 Å². The van der Waals surface area contributed by atoms with Gasteiger partial charge in [0.25, 0.3) is 0 Å². The number of ketones is 2. The second kappa shape index (κ2) is 5.19. The highest BCUT2D eigenvalue weighted by Gasteiger charge is 2.60. The largest absolute Gasteiger partial charge is 0.504 e. The van der Waals surface area contributed by atoms with Crippen LogP contribution in [0.4, 0.5) is 0 Å². The molecule has 4 aliphatic rings. The lowest BCUT2D eigenvalue weighted by Crippen LogP contribution is -2.51. The number of allylic oxidation sites excluding steroid dienone is 1. The molecule has 0 heterocycles. The number of hydrogen-bond acceptors (Lipinski definition) is 3. The maximum atomic E-state index is 12.2. The fourth-order valence-corrected chi connectivity index (χ4v) is 7.35. The van der Waals surface area contributed by atoms with E-state index in [0.29, 0.717) is 30.0 Å². The van der Waals surface area contributed by atoms with Gasteiger partial charge in [0.05, 0.1) is 0 Å². The highest BCUT2D eigenvalue weighted by atomic mass is 16.3. The molecule has 1 N–H and O–H groups in total. The van der Waals surface area contributed by atoms with Crippen molar-refractivity contribution < 1.29 is 14.7 Å². The Morgan fingerprint density at radius 2 is 1.79 bits per heavy atom. The molecule has 132 valence electrons. The summed E-state index contributed by atoms with van der Waals surface area (Å²) >= 11 is 0. The molecular weight excluding hydrogens is 300 g/mol. The Morgan fingerprint density at radius 3 is 2.50 bits per heavy atom. The van der Waals surface area contributed by atoms with Crippen LogP contribution in [0.5, 0.6) is 0 Å². The molecule has 0 aliphatic heterocycles. The van der Waals surface area contributed by atoms with E-state index in [1.807, 2.05) is 0 Å². The third-order valence-electron chi connectivity index (χ3n) is 8.58. The molecule has 3 fully saturated rings. The van der Waals surface area contributed by atoms with Crippen LogP contribution in [-0.4, -0.2) is 16.7 Å². The Balaban J connectivity index is 1.69. The lowest BCUT2D eigenvalue weighted by atomic mass is 9.46. The van der Waals surface area contributed by atoms with Gasteiger partial charge in [0.1, 0.15) is 5.78 Å². The second-order valence-electron chi connectivity index (χ2n) is 9.37. The maximum Gasteiger partial charge on any atom is 0.197 e. The number of hydrogen-bond donors (Lipinski definition) is 1. The van der Waals surface area contributed by atoms with Gasteiger partial charge in [-0.1, -0.05) is 13.8 Å². The van der Waals surface area contributed by atoms with Crippen LogP contribution < -0.4 is 0 Å². The van der Waals surface area contributed by atoms with Crippen molar-refractivity contribution in [1.29, 1.82) is 0 Å². The highest BCUT2D eigenvalue weighted by molar-refractivity contribution is 5.95. The average molecular weight is 330 g/mol. The van der Waals surface area contributed by atoms with Crippen molar-refractivity contribution in [1.82, 2.24) is 0 Å². The number of aliphatic hydroxyl groups excluding tert-OH is 1. The molecule has 0 saturated heterocycles. The predicted molar refractivity (Wildman–Crippen MR) is 92.5 cm³/mol. The number of aliphatic hydroxyl groups is 1. The summed E-state index contributed by atoms with van der Waals surface area (Å²) in [7, 11) is 0. The van der Waals surface area contributed by atoms with Crippen molar-refractivity contribution >= 4 is 11.6 Å². The van der Waals surface area contributed by atoms with Crippen molar-refractivity contribution in [3.63, 3.8) is 0 Å². The molecule has 4 rings (SSSR count). The van der Waals surface area contributed by atoms with Gasteiger partial charge in [-0.15, -0.1) is 0 Å². The summed E-state index contributed by atoms with van der Waals surface area (Å²) in [6, 6.07) is 0. The van der Waals surface area contributed by atoms with Crippen molar-refractivity contribution in [3.8, 4) is 0 Å². The van der Waals surface area contributed by atoms with Gasteiger partial charge >= 0.3 is 0 Å². The first-order chi connectivity index (χ1) is 11.3. The van der Waals surface area contributed by atoms with Gasteiger partial charge in [-0.2, -0.15) is 0 Å². The van der Waals surface area contributed by atoms with E-state index in [1.165, 1.54) is 6.42 Å². The molecule has 0 aromatic rings. The van der Waals surface area contributed by atoms with Crippen LogP contribution in [0.1, 0.15) is 72.1 Å². The molecule has 6 atom stereocenters. The van der Waals surface area contributed by atoms with Crippen LogP contribution in [0, 0.1) is 34.5 Å². The van der Waals surface area contributed by atoms with Gasteiger partial charge in [-0.05, 0) is 86.0 Å². The monoisotopic (exact) mass is 330 g/mol. The lowest BCUT2D eigenvalue weighted by Gasteiger charge is -2.58. The van der Waals surface area contributed by atoms with Gasteiger partial charge in [0, 0.05) is 12.3 Å². The molecule has 0 bridgehead atoms. The van der Waals surface area contributed by atoms with Crippen LogP contribution in [0.2, 0.25) is 0 Å². The topological polar surface area (TPSA) is 54.4 Å². The summed E-state index contributed by atoms with van der Waals surface area (Å²) < 4.78 is 0. The maximum absolute atomic E-state index is 12.2. The summed E-state index contributed by atoms with van der Waals surface area (Å²) in [5, 5.41) is 10.4. The molecule has 0 radical (unpaired) electrons. The quantitative estimate of drug-likeness (QED) is 0.764. The summed E-state index contributed by atoms with van der Waals surface area (Å²) in [5.41, 5.74) is 1.22. The normalized spacial score (nSPS) is 47.9. The van der Waals surface area contributed by atoms with Crippen LogP contribution in [0.3, 0.4) is 0 Å². The fraction of sp³-hybridized carbons (Fsp3) is 0.810. The van der Waals surface area contributed by atoms with E-state index in [1.54, 1.807) is 6.92 Å². The third-order valence-corrected chi connectivity index (χ3v) is 8.58. The summed E-state index contributed by atoms with van der Waals surface area (Å²) in [6.45, 7) is 6.43. The molecule has 4 aliphatic carbocycles. The first kappa shape index (κ1) is 16.4. The number of Topliss-reactive ketones (excluding diaryl/α,β-unsaturated/α-hetero) is 2. The Hall–Kier alpha value is -1.12. The fourth-order valence-electron chi connectivity index (χ4n) is 7.35. The zero-order chi connectivity index (χ0) is 17.3. The van der Waals surface area contributed by atoms with Crippen molar-refractivity contribution in [2.45, 2.75) is 72.1 Å². The average Bonchev–Trinajstić information content (AvgIpc) is 2.89. The van der Waals surface area contributed by atoms with Crippen molar-refractivity contribution in [2.24, 2.45) is 34.5 Å². The molecule has 24 heavy (non-hydrogen) atoms. The van der Waals surface area contributed by atoms with Crippen molar-refractivity contribution in [2.75, 3.05) is 0 Å². The van der Waals surface area contributed by atoms with Gasteiger partial charge in [0.15, 0.2) is 11.5 Å². The van der Waals surface area contributed by atoms with E-state index in [-0.39, 0.29) is 28.3 Å². The summed E-state index contributed by atoms with van der Waals surface area (Å²) in [5.74, 6) is 2.52. The number of rotatable bonds is 1. The van der Waals surface area contributed by atoms with Crippen LogP contribution >= 0.6 is 0 Å². The van der Waals surface area contributed by atoms with Crippen LogP contribution in [0.15, 0.2) is 11.3 Å². The number of fused-ring (bicyclic) bond motifs is 5. The Kier molecular flexibility index (Phi) is 3.54. The van der Waals surface area contributed by atoms with Gasteiger partial charge in [0.2, 0.25) is 0 Å². The molecule has 0 amide bonds. The third kappa shape index (κ3) is 1.96. The Labute approximate surface area is 144 Å². The van der Waals surface area contributed by atoms with Crippen LogP contribution in [-0.2, 0) is 9.59 Å². The molecule has 3 heteroatoms. The van der Waals surface area contributed by atoms with E-state index >= 15 is 0 Å². The lowest BCUT2D eigenvalue weighted by molar-refractivity contribution is -0.129. The first-order valence-electron chi connectivity index (χ1n) is 9.75. The van der Waals surface area contributed by atoms with Crippen LogP contribution in [0.25, 0.3) is 0 Å². The standard InChI is InChI=1S/C21H30O3/c1-12(22)14-6-7-15-13-4-5-17-19(24)18(23)9-11-21(17,3)16(13)8-10-20(14,15)2/h13-16,24H,4-11H2,1-3H3/t13-,14?,15-,16+,20+,21+/m0/s1. The molecule has 3 saturated carbocycles. The molecule has 0 aromatic carbocycles. The zero-order valence-corrected chi connectivity index (χ0v) is 15.2. The Morgan fingerprint density at radius 1 is 1.04 bits per heavy atom. The SMILES string of the molecule is CC(=O)C1CC[C@H]2[C@@H]3CCC4=C(O)C(=O)CC[C@]4(C)[C@@H]3CC[C@]12C. The minimum absolute atomic E-state index is 0.00342. The highest BCUT2D eigenvalue weighted by Crippen LogP contribution is 2.66. The molecule has 0 aromatic heterocycles. The van der Waals surface area contributed by atoms with Gasteiger partial charge in [-0.3, -0.25) is 9.59 Å². The van der Waals surface area contributed by atoms with E-state index in [0.717, 1.165) is 44.1 Å². The number of carbonyl (C=O) groups is 2. The van der Waals surface area contributed by atoms with E-state index < -0.39 is 0 Å². The van der Waals surface area contributed by atoms with Crippen molar-refractivity contribution in [3.05, 3.63) is 11.3 Å². The van der Waals surface area contributed by atoms with E-state index in [2.05, 4.69) is 13.8 Å². The zero-order valence-electron chi connectivity index (χ0n) is 15.2. The Bertz CT molecular complexity index is 633. The minimum Gasteiger partial charge on any atom is -0.504 e. The smallest absolute Gasteiger partial charge is 0.197 e. The predicted octanol–water partition coefficient (Wildman–Crippen LogP) is 4.61. The van der Waals surface area contributed by atoms with Gasteiger partial charge in [-0.25, -0.2) is 0 Å². The molecule has 1 unspecified atom stereocenters. The minimum atomic E-state index is -0.0564. The number of carbonyl (C=O) groups excluding carboxylic acids is 2. The summed E-state index contributed by atoms with van der Waals surface area (Å²) in [4.78, 5) is 24.1. The first-order valence-corrected chi connectivity index (χ1v) is 9.75. The molecule has 3 nitrogen and oxygen atoms in total. The molecule has 0 spiro atoms. The van der Waals surface area contributed by atoms with E-state index in [9.17, 15) is 14.7 Å². The molecular formula is C21H30O3. The van der Waals surface area contributed by atoms with Gasteiger partial charge < -0.3 is 5.11 Å². The summed E-state index contributed by atoms with van der Waals surface area (Å²) in [6.07, 6.45) is 7.85.